The van der Waals surface area contributed by atoms with Gasteiger partial charge in [0, 0.05) is 13.1 Å². The topological polar surface area (TPSA) is 96.0 Å². The van der Waals surface area contributed by atoms with Gasteiger partial charge >= 0.3 is 0 Å². The molecule has 0 aliphatic carbocycles. The molecular formula is C29H33Cl2N3O5S. The molecule has 0 aromatic heterocycles. The van der Waals surface area contributed by atoms with Crippen molar-refractivity contribution in [3.8, 4) is 5.75 Å². The molecule has 11 heteroatoms. The number of carbonyl (C=O) groups excluding carboxylic acids is 2. The van der Waals surface area contributed by atoms with Crippen LogP contribution in [0.25, 0.3) is 0 Å². The van der Waals surface area contributed by atoms with E-state index in [2.05, 4.69) is 5.32 Å². The number of hydrogen-bond acceptors (Lipinski definition) is 5. The van der Waals surface area contributed by atoms with E-state index in [1.165, 1.54) is 17.0 Å². The highest BCUT2D eigenvalue weighted by molar-refractivity contribution is 7.92. The predicted molar refractivity (Wildman–Crippen MR) is 158 cm³/mol. The Balaban J connectivity index is 2.06. The fraction of sp³-hybridized carbons (Fsp3) is 0.310. The number of rotatable bonds is 13. The smallest absolute Gasteiger partial charge is 0.264 e. The number of ether oxygens (including phenoxy) is 1. The number of halogens is 2. The van der Waals surface area contributed by atoms with Gasteiger partial charge in [0.25, 0.3) is 10.0 Å². The minimum atomic E-state index is -4.15. The number of nitrogens with one attached hydrogen (secondary N) is 1. The lowest BCUT2D eigenvalue weighted by Gasteiger charge is -2.33. The first-order valence-corrected chi connectivity index (χ1v) is 15.1. The van der Waals surface area contributed by atoms with Gasteiger partial charge in [-0.15, -0.1) is 0 Å². The Bertz CT molecular complexity index is 1400. The average Bonchev–Trinajstić information content (AvgIpc) is 2.94. The van der Waals surface area contributed by atoms with Crippen LogP contribution in [0.2, 0.25) is 10.0 Å². The summed E-state index contributed by atoms with van der Waals surface area (Å²) in [5.41, 5.74) is 0.922. The maximum absolute atomic E-state index is 14.0. The van der Waals surface area contributed by atoms with Gasteiger partial charge in [0.05, 0.1) is 27.2 Å². The molecule has 0 aliphatic rings. The Hall–Kier alpha value is -3.27. The standard InChI is InChI=1S/C29H33Cl2N3O5S/c1-4-27(29(36)32-5-2)33(19-21-12-17-25(30)26(31)18-21)28(35)20-34(22-13-15-23(16-14-22)39-6-3)40(37,38)24-10-8-7-9-11-24/h7-18,27H,4-6,19-20H2,1-3H3,(H,32,36)/t27-/m1/s1. The number of likely N-dealkylation sites (N-methyl/N-ethyl adjacent to an activating group) is 1. The summed E-state index contributed by atoms with van der Waals surface area (Å²) in [6, 6.07) is 18.5. The second kappa shape index (κ2) is 14.4. The monoisotopic (exact) mass is 605 g/mol. The third-order valence-corrected chi connectivity index (χ3v) is 8.65. The summed E-state index contributed by atoms with van der Waals surface area (Å²) in [6.45, 7) is 5.74. The fourth-order valence-electron chi connectivity index (χ4n) is 4.17. The second-order valence-electron chi connectivity index (χ2n) is 8.84. The van der Waals surface area contributed by atoms with Gasteiger partial charge < -0.3 is 15.0 Å². The molecule has 3 rings (SSSR count). The van der Waals surface area contributed by atoms with E-state index >= 15 is 0 Å². The first-order valence-electron chi connectivity index (χ1n) is 12.9. The van der Waals surface area contributed by atoms with Crippen molar-refractivity contribution in [2.24, 2.45) is 0 Å². The minimum absolute atomic E-state index is 0.0217. The zero-order valence-electron chi connectivity index (χ0n) is 22.6. The van der Waals surface area contributed by atoms with E-state index in [1.54, 1.807) is 74.5 Å². The number of benzene rings is 3. The lowest BCUT2D eigenvalue weighted by molar-refractivity contribution is -0.140. The third-order valence-electron chi connectivity index (χ3n) is 6.12. The summed E-state index contributed by atoms with van der Waals surface area (Å²) in [7, 11) is -4.15. The Morgan fingerprint density at radius 2 is 1.60 bits per heavy atom. The summed E-state index contributed by atoms with van der Waals surface area (Å²) < 4.78 is 34.2. The van der Waals surface area contributed by atoms with E-state index in [-0.39, 0.29) is 23.0 Å². The Labute approximate surface area is 245 Å². The van der Waals surface area contributed by atoms with Crippen molar-refractivity contribution in [1.29, 1.82) is 0 Å². The Morgan fingerprint density at radius 1 is 0.925 bits per heavy atom. The van der Waals surface area contributed by atoms with Gasteiger partial charge in [-0.3, -0.25) is 13.9 Å². The molecule has 1 N–H and O–H groups in total. The molecule has 0 fully saturated rings. The van der Waals surface area contributed by atoms with Gasteiger partial charge in [0.15, 0.2) is 0 Å². The number of hydrogen-bond donors (Lipinski definition) is 1. The van der Waals surface area contributed by atoms with Crippen LogP contribution in [0.15, 0.2) is 77.7 Å². The van der Waals surface area contributed by atoms with Gasteiger partial charge in [-0.25, -0.2) is 8.42 Å². The van der Waals surface area contributed by atoms with Gasteiger partial charge in [0.2, 0.25) is 11.8 Å². The maximum Gasteiger partial charge on any atom is 0.264 e. The maximum atomic E-state index is 14.0. The molecule has 0 bridgehead atoms. The Morgan fingerprint density at radius 3 is 2.17 bits per heavy atom. The molecule has 40 heavy (non-hydrogen) atoms. The van der Waals surface area contributed by atoms with Crippen molar-refractivity contribution in [2.45, 2.75) is 44.7 Å². The largest absolute Gasteiger partial charge is 0.494 e. The summed E-state index contributed by atoms with van der Waals surface area (Å²) in [6.07, 6.45) is 0.313. The number of nitrogens with zero attached hydrogens (tertiary/aromatic N) is 2. The summed E-state index contributed by atoms with van der Waals surface area (Å²) in [5.74, 6) is -0.326. The second-order valence-corrected chi connectivity index (χ2v) is 11.5. The van der Waals surface area contributed by atoms with Gasteiger partial charge in [-0.05, 0) is 74.4 Å². The quantitative estimate of drug-likeness (QED) is 0.276. The molecule has 214 valence electrons. The van der Waals surface area contributed by atoms with Crippen LogP contribution in [0.1, 0.15) is 32.8 Å². The molecule has 3 aromatic carbocycles. The molecule has 0 radical (unpaired) electrons. The zero-order valence-corrected chi connectivity index (χ0v) is 25.0. The highest BCUT2D eigenvalue weighted by Gasteiger charge is 2.33. The Kier molecular flexibility index (Phi) is 11.2. The van der Waals surface area contributed by atoms with Gasteiger partial charge in [-0.2, -0.15) is 0 Å². The van der Waals surface area contributed by atoms with E-state index in [0.29, 0.717) is 40.9 Å². The van der Waals surface area contributed by atoms with E-state index in [4.69, 9.17) is 27.9 Å². The first kappa shape index (κ1) is 31.3. The summed E-state index contributed by atoms with van der Waals surface area (Å²) >= 11 is 12.3. The predicted octanol–water partition coefficient (Wildman–Crippen LogP) is 5.53. The number of sulfonamides is 1. The number of amides is 2. The van der Waals surface area contributed by atoms with E-state index < -0.39 is 28.5 Å². The highest BCUT2D eigenvalue weighted by Crippen LogP contribution is 2.28. The molecule has 2 amide bonds. The van der Waals surface area contributed by atoms with Crippen LogP contribution in [0, 0.1) is 0 Å². The van der Waals surface area contributed by atoms with Crippen molar-refractivity contribution in [1.82, 2.24) is 10.2 Å². The molecular weight excluding hydrogens is 573 g/mol. The van der Waals surface area contributed by atoms with Crippen molar-refractivity contribution < 1.29 is 22.7 Å². The van der Waals surface area contributed by atoms with Crippen LogP contribution >= 0.6 is 23.2 Å². The molecule has 0 saturated carbocycles. The van der Waals surface area contributed by atoms with Crippen LogP contribution in [-0.2, 0) is 26.2 Å². The molecule has 0 unspecified atom stereocenters. The SMILES string of the molecule is CCNC(=O)[C@@H](CC)N(Cc1ccc(Cl)c(Cl)c1)C(=O)CN(c1ccc(OCC)cc1)S(=O)(=O)c1ccccc1. The first-order chi connectivity index (χ1) is 19.1. The average molecular weight is 607 g/mol. The van der Waals surface area contributed by atoms with Gasteiger partial charge in [-0.1, -0.05) is 54.4 Å². The normalized spacial score (nSPS) is 11.9. The van der Waals surface area contributed by atoms with Crippen molar-refractivity contribution in [3.05, 3.63) is 88.4 Å². The summed E-state index contributed by atoms with van der Waals surface area (Å²) in [4.78, 5) is 28.4. The van der Waals surface area contributed by atoms with Crippen LogP contribution in [-0.4, -0.2) is 50.9 Å². The minimum Gasteiger partial charge on any atom is -0.494 e. The zero-order chi connectivity index (χ0) is 29.3. The third kappa shape index (κ3) is 7.68. The van der Waals surface area contributed by atoms with E-state index in [1.807, 2.05) is 6.92 Å². The molecule has 0 heterocycles. The molecule has 1 atom stereocenters. The lowest BCUT2D eigenvalue weighted by atomic mass is 10.1. The molecule has 8 nitrogen and oxygen atoms in total. The van der Waals surface area contributed by atoms with Gasteiger partial charge in [0.1, 0.15) is 18.3 Å². The highest BCUT2D eigenvalue weighted by atomic mass is 35.5. The van der Waals surface area contributed by atoms with Crippen molar-refractivity contribution in [3.63, 3.8) is 0 Å². The summed E-state index contributed by atoms with van der Waals surface area (Å²) in [5, 5.41) is 3.43. The molecule has 0 spiro atoms. The fourth-order valence-corrected chi connectivity index (χ4v) is 5.93. The van der Waals surface area contributed by atoms with Crippen molar-refractivity contribution in [2.75, 3.05) is 24.0 Å². The van der Waals surface area contributed by atoms with E-state index in [0.717, 1.165) is 4.31 Å². The number of anilines is 1. The van der Waals surface area contributed by atoms with Crippen molar-refractivity contribution >= 4 is 50.7 Å². The molecule has 3 aromatic rings. The van der Waals surface area contributed by atoms with Crippen LogP contribution < -0.4 is 14.4 Å². The van der Waals surface area contributed by atoms with Crippen LogP contribution in [0.4, 0.5) is 5.69 Å². The lowest BCUT2D eigenvalue weighted by Crippen LogP contribution is -2.52. The van der Waals surface area contributed by atoms with Crippen LogP contribution in [0.5, 0.6) is 5.75 Å². The van der Waals surface area contributed by atoms with Crippen LogP contribution in [0.3, 0.4) is 0 Å². The molecule has 0 saturated heterocycles. The number of carbonyl (C=O) groups is 2. The van der Waals surface area contributed by atoms with E-state index in [9.17, 15) is 18.0 Å². The molecule has 0 aliphatic heterocycles.